The van der Waals surface area contributed by atoms with Crippen LogP contribution in [0.25, 0.3) is 11.4 Å². The van der Waals surface area contributed by atoms with Crippen LogP contribution in [-0.2, 0) is 20.5 Å². The maximum atomic E-state index is 12.9. The summed E-state index contributed by atoms with van der Waals surface area (Å²) >= 11 is 0. The summed E-state index contributed by atoms with van der Waals surface area (Å²) in [5.74, 6) is -0.519. The van der Waals surface area contributed by atoms with Gasteiger partial charge in [-0.25, -0.2) is 0 Å². The molecule has 3 heterocycles. The topological polar surface area (TPSA) is 88.8 Å². The predicted octanol–water partition coefficient (Wildman–Crippen LogP) is 2.13. The van der Waals surface area contributed by atoms with Crippen molar-refractivity contribution in [2.24, 2.45) is 5.92 Å². The van der Waals surface area contributed by atoms with E-state index in [1.54, 1.807) is 11.9 Å². The Balaban J connectivity index is 1.47. The summed E-state index contributed by atoms with van der Waals surface area (Å²) < 4.78 is 49.6. The van der Waals surface area contributed by atoms with Crippen molar-refractivity contribution in [2.75, 3.05) is 33.3 Å². The summed E-state index contributed by atoms with van der Waals surface area (Å²) in [6.07, 6.45) is -4.99. The van der Waals surface area contributed by atoms with Gasteiger partial charge in [0.2, 0.25) is 17.6 Å². The van der Waals surface area contributed by atoms with Gasteiger partial charge in [0.15, 0.2) is 6.10 Å². The molecule has 2 atom stereocenters. The van der Waals surface area contributed by atoms with Crippen LogP contribution < -0.4 is 0 Å². The number of aromatic nitrogens is 2. The van der Waals surface area contributed by atoms with Crippen molar-refractivity contribution in [3.05, 3.63) is 35.7 Å². The van der Waals surface area contributed by atoms with E-state index in [0.717, 1.165) is 12.1 Å². The minimum atomic E-state index is -4.48. The molecule has 0 spiro atoms. The number of alkyl halides is 3. The number of carbonyl (C=O) groups excluding carboxylic acids is 2. The average Bonchev–Trinajstić information content (AvgIpc) is 3.34. The molecular weight excluding hydrogens is 405 g/mol. The van der Waals surface area contributed by atoms with Gasteiger partial charge < -0.3 is 19.1 Å². The number of rotatable bonds is 3. The predicted molar refractivity (Wildman–Crippen MR) is 95.8 cm³/mol. The molecule has 0 aliphatic carbocycles. The summed E-state index contributed by atoms with van der Waals surface area (Å²) in [6.45, 7) is 1.16. The number of nitrogens with zero attached hydrogens (tertiary/aromatic N) is 4. The van der Waals surface area contributed by atoms with Crippen LogP contribution in [-0.4, -0.2) is 65.0 Å². The number of ether oxygens (including phenoxy) is 1. The summed E-state index contributed by atoms with van der Waals surface area (Å²) in [7, 11) is 1.66. The molecule has 0 unspecified atom stereocenters. The molecule has 30 heavy (non-hydrogen) atoms. The number of halogens is 3. The van der Waals surface area contributed by atoms with Gasteiger partial charge in [-0.15, -0.1) is 0 Å². The zero-order valence-corrected chi connectivity index (χ0v) is 16.1. The molecule has 8 nitrogen and oxygen atoms in total. The lowest BCUT2D eigenvalue weighted by atomic mass is 10.1. The van der Waals surface area contributed by atoms with E-state index in [4.69, 9.17) is 9.26 Å². The molecule has 2 aliphatic heterocycles. The molecule has 11 heteroatoms. The zero-order valence-electron chi connectivity index (χ0n) is 16.1. The Morgan fingerprint density at radius 1 is 1.27 bits per heavy atom. The van der Waals surface area contributed by atoms with Crippen molar-refractivity contribution in [3.63, 3.8) is 0 Å². The second kappa shape index (κ2) is 7.71. The van der Waals surface area contributed by atoms with Gasteiger partial charge in [0.1, 0.15) is 0 Å². The van der Waals surface area contributed by atoms with Gasteiger partial charge in [0.25, 0.3) is 5.89 Å². The summed E-state index contributed by atoms with van der Waals surface area (Å²) in [5, 5.41) is 3.76. The highest BCUT2D eigenvalue weighted by molar-refractivity contribution is 5.89. The quantitative estimate of drug-likeness (QED) is 0.750. The molecular formula is C19H19F3N4O4. The van der Waals surface area contributed by atoms with E-state index < -0.39 is 23.8 Å². The van der Waals surface area contributed by atoms with E-state index in [-0.39, 0.29) is 48.7 Å². The second-order valence-corrected chi connectivity index (χ2v) is 7.35. The number of carbonyl (C=O) groups is 2. The Bertz CT molecular complexity index is 961. The van der Waals surface area contributed by atoms with E-state index in [1.807, 2.05) is 0 Å². The van der Waals surface area contributed by atoms with Crippen molar-refractivity contribution in [3.8, 4) is 11.4 Å². The highest BCUT2D eigenvalue weighted by Crippen LogP contribution is 2.32. The Kier molecular flexibility index (Phi) is 5.22. The van der Waals surface area contributed by atoms with Crippen LogP contribution >= 0.6 is 0 Å². The second-order valence-electron chi connectivity index (χ2n) is 7.35. The minimum Gasteiger partial charge on any atom is -0.365 e. The summed E-state index contributed by atoms with van der Waals surface area (Å²) in [5.41, 5.74) is -0.649. The van der Waals surface area contributed by atoms with Crippen molar-refractivity contribution in [1.29, 1.82) is 0 Å². The third-order valence-electron chi connectivity index (χ3n) is 5.23. The van der Waals surface area contributed by atoms with Crippen LogP contribution in [0.5, 0.6) is 0 Å². The van der Waals surface area contributed by atoms with E-state index in [0.29, 0.717) is 13.1 Å². The van der Waals surface area contributed by atoms with Gasteiger partial charge in [-0.1, -0.05) is 17.3 Å². The van der Waals surface area contributed by atoms with Crippen LogP contribution in [0.2, 0.25) is 0 Å². The Labute approximate surface area is 169 Å². The fraction of sp³-hybridized carbons (Fsp3) is 0.474. The molecule has 0 bridgehead atoms. The maximum Gasteiger partial charge on any atom is 0.416 e. The van der Waals surface area contributed by atoms with E-state index >= 15 is 0 Å². The lowest BCUT2D eigenvalue weighted by Gasteiger charge is -2.32. The lowest BCUT2D eigenvalue weighted by Crippen LogP contribution is -2.45. The number of hydrogen-bond acceptors (Lipinski definition) is 6. The first-order valence-corrected chi connectivity index (χ1v) is 9.38. The fourth-order valence-electron chi connectivity index (χ4n) is 3.60. The monoisotopic (exact) mass is 424 g/mol. The number of hydrogen-bond donors (Lipinski definition) is 0. The van der Waals surface area contributed by atoms with Crippen molar-refractivity contribution in [2.45, 2.75) is 18.7 Å². The third kappa shape index (κ3) is 4.02. The van der Waals surface area contributed by atoms with Gasteiger partial charge in [-0.3, -0.25) is 9.59 Å². The largest absolute Gasteiger partial charge is 0.416 e. The zero-order chi connectivity index (χ0) is 21.5. The molecule has 2 saturated heterocycles. The van der Waals surface area contributed by atoms with E-state index in [2.05, 4.69) is 10.1 Å². The van der Waals surface area contributed by atoms with Crippen LogP contribution in [0.4, 0.5) is 13.2 Å². The highest BCUT2D eigenvalue weighted by Gasteiger charge is 2.38. The van der Waals surface area contributed by atoms with Gasteiger partial charge >= 0.3 is 6.18 Å². The molecule has 2 fully saturated rings. The molecule has 2 aromatic rings. The number of likely N-dealkylation sites (tertiary alicyclic amines) is 1. The number of amides is 2. The molecule has 0 N–H and O–H groups in total. The van der Waals surface area contributed by atoms with Crippen LogP contribution in [0, 0.1) is 5.92 Å². The maximum absolute atomic E-state index is 12.9. The van der Waals surface area contributed by atoms with Crippen molar-refractivity contribution in [1.82, 2.24) is 19.9 Å². The summed E-state index contributed by atoms with van der Waals surface area (Å²) in [4.78, 5) is 31.7. The molecule has 1 aromatic heterocycles. The Morgan fingerprint density at radius 3 is 2.77 bits per heavy atom. The summed E-state index contributed by atoms with van der Waals surface area (Å²) in [6, 6.07) is 4.63. The molecule has 1 aromatic carbocycles. The third-order valence-corrected chi connectivity index (χ3v) is 5.23. The molecule has 4 rings (SSSR count). The van der Waals surface area contributed by atoms with Crippen LogP contribution in [0.1, 0.15) is 24.0 Å². The molecule has 2 aliphatic rings. The lowest BCUT2D eigenvalue weighted by molar-refractivity contribution is -0.144. The van der Waals surface area contributed by atoms with Gasteiger partial charge in [-0.05, 0) is 12.1 Å². The Hall–Kier alpha value is -2.95. The van der Waals surface area contributed by atoms with Gasteiger partial charge in [0.05, 0.1) is 24.6 Å². The normalized spacial score (nSPS) is 22.6. The average molecular weight is 424 g/mol. The minimum absolute atomic E-state index is 0.00571. The first kappa shape index (κ1) is 20.3. The molecule has 0 saturated carbocycles. The van der Waals surface area contributed by atoms with Crippen molar-refractivity contribution >= 4 is 11.8 Å². The number of morpholine rings is 1. The van der Waals surface area contributed by atoms with Gasteiger partial charge in [0, 0.05) is 32.1 Å². The van der Waals surface area contributed by atoms with Crippen molar-refractivity contribution < 1.29 is 32.0 Å². The first-order valence-electron chi connectivity index (χ1n) is 9.38. The molecule has 2 amide bonds. The molecule has 160 valence electrons. The first-order chi connectivity index (χ1) is 14.2. The van der Waals surface area contributed by atoms with Gasteiger partial charge in [-0.2, -0.15) is 18.2 Å². The van der Waals surface area contributed by atoms with Crippen LogP contribution in [0.15, 0.2) is 28.8 Å². The van der Waals surface area contributed by atoms with E-state index in [1.165, 1.54) is 17.0 Å². The highest BCUT2D eigenvalue weighted by atomic mass is 19.4. The SMILES string of the molecule is CN1C[C@H](C(=O)N2CCO[C@@H](c3nc(-c4cccc(C(F)(F)F)c4)no3)C2)CC1=O. The smallest absolute Gasteiger partial charge is 0.365 e. The van der Waals surface area contributed by atoms with Crippen LogP contribution in [0.3, 0.4) is 0 Å². The number of benzene rings is 1. The Morgan fingerprint density at radius 2 is 2.07 bits per heavy atom. The van der Waals surface area contributed by atoms with E-state index in [9.17, 15) is 22.8 Å². The fourth-order valence-corrected chi connectivity index (χ4v) is 3.60. The molecule has 0 radical (unpaired) electrons. The standard InChI is InChI=1S/C19H19F3N4O4/c1-25-9-12(8-15(25)27)18(28)26-5-6-29-14(10-26)17-23-16(24-30-17)11-3-2-4-13(7-11)19(20,21)22/h2-4,7,12,14H,5-6,8-10H2,1H3/t12-,14-/m1/s1.